The van der Waals surface area contributed by atoms with Crippen LogP contribution in [0.3, 0.4) is 0 Å². The van der Waals surface area contributed by atoms with Gasteiger partial charge in [0.2, 0.25) is 0 Å². The predicted octanol–water partition coefficient (Wildman–Crippen LogP) is 7.97. The van der Waals surface area contributed by atoms with Gasteiger partial charge in [0.15, 0.2) is 0 Å². The summed E-state index contributed by atoms with van der Waals surface area (Å²) < 4.78 is 5.81. The standard InChI is InChI=1S/C25H38O/c1-3-5-7-8-9-10-12-22-13-15-23(16-14-22)24-17-19-25(20-18-24)26-21-11-6-4-2/h13,15-20,22H,3-12,14,21H2,1-2H3. The highest BCUT2D eigenvalue weighted by Crippen LogP contribution is 2.28. The Bertz CT molecular complexity index is 538. The topological polar surface area (TPSA) is 9.23 Å². The van der Waals surface area contributed by atoms with E-state index in [2.05, 4.69) is 56.3 Å². The van der Waals surface area contributed by atoms with E-state index in [1.165, 1.54) is 75.3 Å². The number of ether oxygens (including phenoxy) is 1. The van der Waals surface area contributed by atoms with Crippen molar-refractivity contribution >= 4 is 5.57 Å². The largest absolute Gasteiger partial charge is 0.494 e. The first-order chi connectivity index (χ1) is 12.8. The van der Waals surface area contributed by atoms with Crippen molar-refractivity contribution in [2.24, 2.45) is 5.92 Å². The van der Waals surface area contributed by atoms with Gasteiger partial charge >= 0.3 is 0 Å². The van der Waals surface area contributed by atoms with Crippen LogP contribution in [0.5, 0.6) is 5.75 Å². The van der Waals surface area contributed by atoms with Gasteiger partial charge in [-0.3, -0.25) is 0 Å². The molecular formula is C25H38O. The third-order valence-electron chi connectivity index (χ3n) is 5.32. The van der Waals surface area contributed by atoms with E-state index < -0.39 is 0 Å². The van der Waals surface area contributed by atoms with Gasteiger partial charge in [-0.05, 0) is 48.4 Å². The maximum atomic E-state index is 5.81. The first-order valence-corrected chi connectivity index (χ1v) is 10.9. The van der Waals surface area contributed by atoms with Crippen LogP contribution in [-0.4, -0.2) is 6.61 Å². The zero-order chi connectivity index (χ0) is 18.5. The van der Waals surface area contributed by atoms with Gasteiger partial charge in [0, 0.05) is 0 Å². The highest BCUT2D eigenvalue weighted by atomic mass is 16.5. The highest BCUT2D eigenvalue weighted by Gasteiger charge is 2.10. The summed E-state index contributed by atoms with van der Waals surface area (Å²) in [7, 11) is 0. The van der Waals surface area contributed by atoms with Gasteiger partial charge in [-0.15, -0.1) is 0 Å². The van der Waals surface area contributed by atoms with Crippen LogP contribution in [0.15, 0.2) is 42.5 Å². The molecule has 1 unspecified atom stereocenters. The second-order valence-corrected chi connectivity index (χ2v) is 7.65. The summed E-state index contributed by atoms with van der Waals surface area (Å²) in [5.41, 5.74) is 2.67. The van der Waals surface area contributed by atoms with Crippen LogP contribution < -0.4 is 4.74 Å². The number of allylic oxidation sites excluding steroid dienone is 4. The van der Waals surface area contributed by atoms with Crippen molar-refractivity contribution in [2.75, 3.05) is 6.61 Å². The fourth-order valence-corrected chi connectivity index (χ4v) is 3.57. The van der Waals surface area contributed by atoms with Gasteiger partial charge in [-0.1, -0.05) is 95.6 Å². The minimum atomic E-state index is 0.742. The second-order valence-electron chi connectivity index (χ2n) is 7.65. The van der Waals surface area contributed by atoms with Crippen LogP contribution in [0, 0.1) is 5.92 Å². The van der Waals surface area contributed by atoms with Gasteiger partial charge in [0.05, 0.1) is 6.61 Å². The van der Waals surface area contributed by atoms with Gasteiger partial charge in [-0.25, -0.2) is 0 Å². The van der Waals surface area contributed by atoms with Crippen molar-refractivity contribution in [2.45, 2.75) is 84.5 Å². The molecule has 1 aliphatic rings. The molecule has 1 aromatic carbocycles. The lowest BCUT2D eigenvalue weighted by Crippen LogP contribution is -2.00. The number of rotatable bonds is 13. The van der Waals surface area contributed by atoms with E-state index in [4.69, 9.17) is 4.74 Å². The van der Waals surface area contributed by atoms with Gasteiger partial charge in [0.25, 0.3) is 0 Å². The van der Waals surface area contributed by atoms with E-state index in [0.717, 1.165) is 24.7 Å². The third kappa shape index (κ3) is 7.81. The van der Waals surface area contributed by atoms with Crippen LogP contribution in [-0.2, 0) is 0 Å². The summed E-state index contributed by atoms with van der Waals surface area (Å²) in [5.74, 6) is 1.73. The smallest absolute Gasteiger partial charge is 0.119 e. The van der Waals surface area contributed by atoms with Crippen molar-refractivity contribution in [1.29, 1.82) is 0 Å². The van der Waals surface area contributed by atoms with Crippen LogP contribution in [0.25, 0.3) is 5.57 Å². The van der Waals surface area contributed by atoms with Crippen LogP contribution in [0.1, 0.15) is 90.0 Å². The van der Waals surface area contributed by atoms with E-state index >= 15 is 0 Å². The molecule has 144 valence electrons. The molecule has 0 N–H and O–H groups in total. The lowest BCUT2D eigenvalue weighted by molar-refractivity contribution is 0.306. The quantitative estimate of drug-likeness (QED) is 0.326. The Kier molecular flexibility index (Phi) is 10.2. The molecule has 1 heteroatoms. The Hall–Kier alpha value is -1.50. The SMILES string of the molecule is CCCCCCCCC1C=CC(c2ccc(OCCCCC)cc2)=CC1. The summed E-state index contributed by atoms with van der Waals surface area (Å²) >= 11 is 0. The highest BCUT2D eigenvalue weighted by molar-refractivity contribution is 5.75. The molecule has 26 heavy (non-hydrogen) atoms. The summed E-state index contributed by atoms with van der Waals surface area (Å²) in [6.07, 6.45) is 21.7. The van der Waals surface area contributed by atoms with Crippen molar-refractivity contribution in [3.05, 3.63) is 48.1 Å². The summed E-state index contributed by atoms with van der Waals surface area (Å²) in [5, 5.41) is 0. The molecule has 0 amide bonds. The average molecular weight is 355 g/mol. The van der Waals surface area contributed by atoms with E-state index in [9.17, 15) is 0 Å². The number of benzene rings is 1. The average Bonchev–Trinajstić information content (AvgIpc) is 2.69. The maximum absolute atomic E-state index is 5.81. The van der Waals surface area contributed by atoms with Crippen molar-refractivity contribution in [3.63, 3.8) is 0 Å². The first kappa shape index (κ1) is 20.8. The molecule has 1 nitrogen and oxygen atoms in total. The fraction of sp³-hybridized carbons (Fsp3) is 0.600. The molecule has 0 saturated heterocycles. The minimum Gasteiger partial charge on any atom is -0.494 e. The van der Waals surface area contributed by atoms with E-state index in [0.29, 0.717) is 0 Å². The van der Waals surface area contributed by atoms with Crippen molar-refractivity contribution in [1.82, 2.24) is 0 Å². The Morgan fingerprint density at radius 2 is 1.54 bits per heavy atom. The van der Waals surface area contributed by atoms with Crippen molar-refractivity contribution < 1.29 is 4.74 Å². The Labute approximate surface area is 161 Å². The maximum Gasteiger partial charge on any atom is 0.119 e. The number of unbranched alkanes of at least 4 members (excludes halogenated alkanes) is 7. The molecule has 0 aromatic heterocycles. The molecule has 0 bridgehead atoms. The van der Waals surface area contributed by atoms with Gasteiger partial charge in [0.1, 0.15) is 5.75 Å². The van der Waals surface area contributed by atoms with Gasteiger partial charge < -0.3 is 4.74 Å². The van der Waals surface area contributed by atoms with E-state index in [1.807, 2.05) is 0 Å². The number of hydrogen-bond donors (Lipinski definition) is 0. The lowest BCUT2D eigenvalue weighted by atomic mass is 9.89. The Morgan fingerprint density at radius 3 is 2.23 bits per heavy atom. The van der Waals surface area contributed by atoms with Crippen LogP contribution >= 0.6 is 0 Å². The molecule has 0 fully saturated rings. The molecule has 1 atom stereocenters. The van der Waals surface area contributed by atoms with Crippen LogP contribution in [0.4, 0.5) is 0 Å². The normalized spacial score (nSPS) is 16.5. The molecule has 1 aromatic rings. The zero-order valence-corrected chi connectivity index (χ0v) is 17.0. The molecule has 0 heterocycles. The summed E-state index contributed by atoms with van der Waals surface area (Å²) in [4.78, 5) is 0. The fourth-order valence-electron chi connectivity index (χ4n) is 3.57. The molecule has 0 spiro atoms. The molecular weight excluding hydrogens is 316 g/mol. The Morgan fingerprint density at radius 1 is 0.846 bits per heavy atom. The third-order valence-corrected chi connectivity index (χ3v) is 5.32. The summed E-state index contributed by atoms with van der Waals surface area (Å²) in [6, 6.07) is 8.61. The molecule has 2 rings (SSSR count). The van der Waals surface area contributed by atoms with E-state index in [1.54, 1.807) is 0 Å². The van der Waals surface area contributed by atoms with E-state index in [-0.39, 0.29) is 0 Å². The predicted molar refractivity (Wildman–Crippen MR) is 115 cm³/mol. The van der Waals surface area contributed by atoms with Gasteiger partial charge in [-0.2, -0.15) is 0 Å². The van der Waals surface area contributed by atoms with Crippen LogP contribution in [0.2, 0.25) is 0 Å². The molecule has 0 radical (unpaired) electrons. The molecule has 0 aliphatic heterocycles. The molecule has 1 aliphatic carbocycles. The minimum absolute atomic E-state index is 0.742. The summed E-state index contributed by atoms with van der Waals surface area (Å²) in [6.45, 7) is 5.33. The first-order valence-electron chi connectivity index (χ1n) is 10.9. The number of hydrogen-bond acceptors (Lipinski definition) is 1. The lowest BCUT2D eigenvalue weighted by Gasteiger charge is -2.16. The Balaban J connectivity index is 1.69. The monoisotopic (exact) mass is 354 g/mol. The second kappa shape index (κ2) is 12.8. The molecule has 0 saturated carbocycles. The van der Waals surface area contributed by atoms with Crippen molar-refractivity contribution in [3.8, 4) is 5.75 Å². The zero-order valence-electron chi connectivity index (χ0n) is 17.0.